The van der Waals surface area contributed by atoms with Gasteiger partial charge in [0.25, 0.3) is 0 Å². The SMILES string of the molecule is Fc1cccc(OC2CCN(Cc3ccncc3F)C2)n1. The van der Waals surface area contributed by atoms with Crippen LogP contribution in [0.15, 0.2) is 36.7 Å². The fraction of sp³-hybridized carbons (Fsp3) is 0.333. The average Bonchev–Trinajstić information content (AvgIpc) is 2.89. The first kappa shape index (κ1) is 13.9. The summed E-state index contributed by atoms with van der Waals surface area (Å²) in [5.74, 6) is -0.563. The van der Waals surface area contributed by atoms with E-state index in [1.807, 2.05) is 0 Å². The predicted octanol–water partition coefficient (Wildman–Crippen LogP) is 2.41. The summed E-state index contributed by atoms with van der Waals surface area (Å²) in [7, 11) is 0. The van der Waals surface area contributed by atoms with Gasteiger partial charge in [-0.25, -0.2) is 4.39 Å². The molecule has 0 radical (unpaired) electrons. The molecule has 0 aromatic carbocycles. The number of aromatic nitrogens is 2. The number of halogens is 2. The van der Waals surface area contributed by atoms with Crippen LogP contribution in [0, 0.1) is 11.8 Å². The molecule has 21 heavy (non-hydrogen) atoms. The summed E-state index contributed by atoms with van der Waals surface area (Å²) in [4.78, 5) is 9.52. The molecule has 0 bridgehead atoms. The molecule has 110 valence electrons. The van der Waals surface area contributed by atoms with Crippen molar-refractivity contribution in [1.29, 1.82) is 0 Å². The molecular formula is C15H15F2N3O. The highest BCUT2D eigenvalue weighted by Crippen LogP contribution is 2.19. The van der Waals surface area contributed by atoms with Crippen LogP contribution in [0.1, 0.15) is 12.0 Å². The molecule has 0 amide bonds. The maximum absolute atomic E-state index is 13.6. The first-order valence-corrected chi connectivity index (χ1v) is 6.80. The van der Waals surface area contributed by atoms with Gasteiger partial charge in [0.2, 0.25) is 11.8 Å². The van der Waals surface area contributed by atoms with E-state index in [9.17, 15) is 8.78 Å². The number of pyridine rings is 2. The van der Waals surface area contributed by atoms with E-state index >= 15 is 0 Å². The highest BCUT2D eigenvalue weighted by atomic mass is 19.1. The van der Waals surface area contributed by atoms with Crippen molar-refractivity contribution in [2.75, 3.05) is 13.1 Å². The van der Waals surface area contributed by atoms with Crippen LogP contribution in [0.25, 0.3) is 0 Å². The van der Waals surface area contributed by atoms with Crippen LogP contribution in [0.3, 0.4) is 0 Å². The highest BCUT2D eigenvalue weighted by molar-refractivity contribution is 5.13. The van der Waals surface area contributed by atoms with Crippen molar-refractivity contribution in [3.05, 3.63) is 54.0 Å². The van der Waals surface area contributed by atoms with Crippen molar-refractivity contribution in [2.24, 2.45) is 0 Å². The van der Waals surface area contributed by atoms with Crippen LogP contribution in [0.4, 0.5) is 8.78 Å². The summed E-state index contributed by atoms with van der Waals surface area (Å²) < 4.78 is 32.2. The zero-order valence-electron chi connectivity index (χ0n) is 11.4. The number of hydrogen-bond donors (Lipinski definition) is 0. The molecule has 2 aromatic rings. The molecule has 1 aliphatic heterocycles. The molecule has 1 saturated heterocycles. The standard InChI is InChI=1S/C15H15F2N3O/c16-13-8-18-6-4-11(13)9-20-7-5-12(10-20)21-15-3-1-2-14(17)19-15/h1-4,6,8,12H,5,7,9-10H2. The lowest BCUT2D eigenvalue weighted by Gasteiger charge is -2.16. The third-order valence-electron chi connectivity index (χ3n) is 3.46. The zero-order chi connectivity index (χ0) is 14.7. The van der Waals surface area contributed by atoms with Gasteiger partial charge in [0.15, 0.2) is 0 Å². The van der Waals surface area contributed by atoms with Crippen LogP contribution >= 0.6 is 0 Å². The number of ether oxygens (including phenoxy) is 1. The summed E-state index contributed by atoms with van der Waals surface area (Å²) in [6.45, 7) is 1.99. The number of likely N-dealkylation sites (tertiary alicyclic amines) is 1. The molecule has 0 spiro atoms. The van der Waals surface area contributed by atoms with Crippen molar-refractivity contribution in [3.8, 4) is 5.88 Å². The molecular weight excluding hydrogens is 276 g/mol. The van der Waals surface area contributed by atoms with Gasteiger partial charge in [-0.15, -0.1) is 0 Å². The molecule has 4 nitrogen and oxygen atoms in total. The van der Waals surface area contributed by atoms with Crippen LogP contribution in [0.5, 0.6) is 5.88 Å². The van der Waals surface area contributed by atoms with Crippen LogP contribution in [-0.4, -0.2) is 34.1 Å². The lowest BCUT2D eigenvalue weighted by Crippen LogP contribution is -2.25. The second kappa shape index (κ2) is 6.13. The van der Waals surface area contributed by atoms with E-state index in [1.54, 1.807) is 24.4 Å². The van der Waals surface area contributed by atoms with E-state index in [1.165, 1.54) is 12.3 Å². The molecule has 1 unspecified atom stereocenters. The van der Waals surface area contributed by atoms with Gasteiger partial charge in [0, 0.05) is 37.5 Å². The van der Waals surface area contributed by atoms with Gasteiger partial charge in [0.05, 0.1) is 6.20 Å². The topological polar surface area (TPSA) is 38.2 Å². The average molecular weight is 291 g/mol. The van der Waals surface area contributed by atoms with Crippen molar-refractivity contribution in [1.82, 2.24) is 14.9 Å². The van der Waals surface area contributed by atoms with Crippen LogP contribution in [-0.2, 0) is 6.54 Å². The Labute approximate surface area is 121 Å². The van der Waals surface area contributed by atoms with Gasteiger partial charge in [-0.1, -0.05) is 6.07 Å². The van der Waals surface area contributed by atoms with Crippen molar-refractivity contribution in [2.45, 2.75) is 19.1 Å². The minimum Gasteiger partial charge on any atom is -0.473 e. The Bertz CT molecular complexity index is 623. The van der Waals surface area contributed by atoms with E-state index in [0.717, 1.165) is 13.0 Å². The zero-order valence-corrected chi connectivity index (χ0v) is 11.4. The second-order valence-electron chi connectivity index (χ2n) is 5.03. The van der Waals surface area contributed by atoms with Gasteiger partial charge in [-0.05, 0) is 18.6 Å². The molecule has 0 N–H and O–H groups in total. The molecule has 1 fully saturated rings. The summed E-state index contributed by atoms with van der Waals surface area (Å²) in [6, 6.07) is 6.16. The number of hydrogen-bond acceptors (Lipinski definition) is 4. The van der Waals surface area contributed by atoms with E-state index in [-0.39, 0.29) is 17.8 Å². The lowest BCUT2D eigenvalue weighted by molar-refractivity contribution is 0.189. The first-order chi connectivity index (χ1) is 10.2. The van der Waals surface area contributed by atoms with Crippen molar-refractivity contribution < 1.29 is 13.5 Å². The number of rotatable bonds is 4. The van der Waals surface area contributed by atoms with Crippen LogP contribution < -0.4 is 4.74 Å². The minimum atomic E-state index is -0.554. The van der Waals surface area contributed by atoms with E-state index in [4.69, 9.17) is 4.74 Å². The molecule has 2 aromatic heterocycles. The van der Waals surface area contributed by atoms with E-state index in [0.29, 0.717) is 18.7 Å². The third kappa shape index (κ3) is 3.52. The van der Waals surface area contributed by atoms with Crippen LogP contribution in [0.2, 0.25) is 0 Å². The fourth-order valence-electron chi connectivity index (χ4n) is 2.44. The first-order valence-electron chi connectivity index (χ1n) is 6.80. The Hall–Kier alpha value is -2.08. The Morgan fingerprint density at radius 3 is 3.00 bits per heavy atom. The highest BCUT2D eigenvalue weighted by Gasteiger charge is 2.25. The third-order valence-corrected chi connectivity index (χ3v) is 3.46. The summed E-state index contributed by atoms with van der Waals surface area (Å²) in [5.41, 5.74) is 0.620. The van der Waals surface area contributed by atoms with E-state index < -0.39 is 5.95 Å². The van der Waals surface area contributed by atoms with Gasteiger partial charge >= 0.3 is 0 Å². The summed E-state index contributed by atoms with van der Waals surface area (Å²) in [5, 5.41) is 0. The lowest BCUT2D eigenvalue weighted by atomic mass is 10.2. The summed E-state index contributed by atoms with van der Waals surface area (Å²) >= 11 is 0. The second-order valence-corrected chi connectivity index (χ2v) is 5.03. The molecule has 3 rings (SSSR count). The van der Waals surface area contributed by atoms with Gasteiger partial charge < -0.3 is 4.74 Å². The quantitative estimate of drug-likeness (QED) is 0.811. The maximum atomic E-state index is 13.6. The van der Waals surface area contributed by atoms with Gasteiger partial charge in [0.1, 0.15) is 11.9 Å². The Morgan fingerprint density at radius 1 is 1.29 bits per heavy atom. The molecule has 1 atom stereocenters. The van der Waals surface area contributed by atoms with Gasteiger partial charge in [-0.2, -0.15) is 9.37 Å². The molecule has 0 saturated carbocycles. The fourth-order valence-corrected chi connectivity index (χ4v) is 2.44. The minimum absolute atomic E-state index is 0.0517. The van der Waals surface area contributed by atoms with E-state index in [2.05, 4.69) is 14.9 Å². The van der Waals surface area contributed by atoms with Gasteiger partial charge in [-0.3, -0.25) is 9.88 Å². The predicted molar refractivity (Wildman–Crippen MR) is 72.7 cm³/mol. The Kier molecular flexibility index (Phi) is 4.06. The number of nitrogens with zero attached hydrogens (tertiary/aromatic N) is 3. The molecule has 3 heterocycles. The largest absolute Gasteiger partial charge is 0.473 e. The maximum Gasteiger partial charge on any atom is 0.216 e. The van der Waals surface area contributed by atoms with Crippen molar-refractivity contribution in [3.63, 3.8) is 0 Å². The molecule has 0 aliphatic carbocycles. The molecule has 6 heteroatoms. The van der Waals surface area contributed by atoms with Crippen molar-refractivity contribution >= 4 is 0 Å². The summed E-state index contributed by atoms with van der Waals surface area (Å²) in [6.07, 6.45) is 3.56. The normalized spacial score (nSPS) is 18.9. The smallest absolute Gasteiger partial charge is 0.216 e. The Balaban J connectivity index is 1.57. The molecule has 1 aliphatic rings. The monoisotopic (exact) mass is 291 g/mol. The Morgan fingerprint density at radius 2 is 2.19 bits per heavy atom.